The second kappa shape index (κ2) is 7.26. The van der Waals surface area contributed by atoms with Crippen LogP contribution >= 0.6 is 15.9 Å². The maximum Gasteiger partial charge on any atom is 0.307 e. The molecule has 1 N–H and O–H groups in total. The van der Waals surface area contributed by atoms with Crippen molar-refractivity contribution in [1.29, 1.82) is 0 Å². The van der Waals surface area contributed by atoms with Crippen LogP contribution in [-0.2, 0) is 14.3 Å². The molecule has 0 bridgehead atoms. The van der Waals surface area contributed by atoms with Gasteiger partial charge in [0.15, 0.2) is 0 Å². The number of benzene rings is 1. The molecule has 1 heterocycles. The monoisotopic (exact) mass is 353 g/mol. The summed E-state index contributed by atoms with van der Waals surface area (Å²) in [6, 6.07) is 5.63. The number of carbonyl (C=O) groups excluding carboxylic acids is 2. The highest BCUT2D eigenvalue weighted by molar-refractivity contribution is 9.10. The van der Waals surface area contributed by atoms with Gasteiger partial charge in [-0.1, -0.05) is 15.9 Å². The maximum atomic E-state index is 12.0. The molecule has 0 saturated heterocycles. The van der Waals surface area contributed by atoms with E-state index in [9.17, 15) is 9.59 Å². The van der Waals surface area contributed by atoms with Crippen LogP contribution in [-0.4, -0.2) is 31.6 Å². The Morgan fingerprint density at radius 3 is 3.00 bits per heavy atom. The molecule has 112 valence electrons. The lowest BCUT2D eigenvalue weighted by Crippen LogP contribution is -2.30. The van der Waals surface area contributed by atoms with Crippen molar-refractivity contribution in [2.24, 2.45) is 0 Å². The molecule has 2 rings (SSSR count). The lowest BCUT2D eigenvalue weighted by molar-refractivity contribution is -0.142. The highest BCUT2D eigenvalue weighted by atomic mass is 79.9. The Balaban J connectivity index is 1.93. The van der Waals surface area contributed by atoms with E-state index >= 15 is 0 Å². The Kier molecular flexibility index (Phi) is 5.38. The zero-order valence-electron chi connectivity index (χ0n) is 11.6. The van der Waals surface area contributed by atoms with Gasteiger partial charge in [-0.05, 0) is 31.2 Å². The molecule has 0 radical (unpaired) electrons. The molecule has 1 aromatic rings. The van der Waals surface area contributed by atoms with Crippen LogP contribution < -0.4 is 10.1 Å². The molecule has 1 aromatic carbocycles. The fourth-order valence-corrected chi connectivity index (χ4v) is 2.28. The molecule has 21 heavy (non-hydrogen) atoms. The van der Waals surface area contributed by atoms with Crippen LogP contribution in [0.4, 0.5) is 0 Å². The van der Waals surface area contributed by atoms with Crippen molar-refractivity contribution >= 4 is 33.9 Å². The van der Waals surface area contributed by atoms with Gasteiger partial charge < -0.3 is 14.8 Å². The predicted molar refractivity (Wildman–Crippen MR) is 81.9 cm³/mol. The molecule has 0 saturated carbocycles. The fourth-order valence-electron chi connectivity index (χ4n) is 1.90. The first kappa shape index (κ1) is 15.6. The fraction of sp³-hybridized carbons (Fsp3) is 0.333. The van der Waals surface area contributed by atoms with Crippen molar-refractivity contribution in [2.45, 2.75) is 13.3 Å². The van der Waals surface area contributed by atoms with Gasteiger partial charge in [-0.3, -0.25) is 9.59 Å². The SMILES string of the molecule is CCOC(=O)CCNC(=O)C1=Cc2cc(Br)ccc2OC1. The minimum atomic E-state index is -0.319. The average molecular weight is 354 g/mol. The first-order valence-electron chi connectivity index (χ1n) is 6.67. The van der Waals surface area contributed by atoms with Gasteiger partial charge in [-0.25, -0.2) is 0 Å². The van der Waals surface area contributed by atoms with E-state index in [0.717, 1.165) is 15.8 Å². The number of hydrogen-bond acceptors (Lipinski definition) is 4. The van der Waals surface area contributed by atoms with Crippen molar-refractivity contribution in [2.75, 3.05) is 19.8 Å². The van der Waals surface area contributed by atoms with E-state index in [1.54, 1.807) is 13.0 Å². The van der Waals surface area contributed by atoms with E-state index < -0.39 is 0 Å². The molecular formula is C15H16BrNO4. The lowest BCUT2D eigenvalue weighted by atomic mass is 10.1. The Morgan fingerprint density at radius 2 is 2.24 bits per heavy atom. The van der Waals surface area contributed by atoms with Crippen molar-refractivity contribution in [3.05, 3.63) is 33.8 Å². The van der Waals surface area contributed by atoms with Crippen LogP contribution in [0.5, 0.6) is 5.75 Å². The zero-order valence-corrected chi connectivity index (χ0v) is 13.2. The van der Waals surface area contributed by atoms with E-state index in [1.807, 2.05) is 18.2 Å². The van der Waals surface area contributed by atoms with E-state index in [-0.39, 0.29) is 31.4 Å². The number of fused-ring (bicyclic) bond motifs is 1. The molecule has 6 heteroatoms. The second-order valence-corrected chi connectivity index (χ2v) is 5.37. The number of halogens is 1. The van der Waals surface area contributed by atoms with Crippen LogP contribution in [0.1, 0.15) is 18.9 Å². The van der Waals surface area contributed by atoms with Crippen LogP contribution in [0.2, 0.25) is 0 Å². The summed E-state index contributed by atoms with van der Waals surface area (Å²) >= 11 is 3.38. The molecule has 0 fully saturated rings. The summed E-state index contributed by atoms with van der Waals surface area (Å²) in [6.45, 7) is 2.56. The normalized spacial score (nSPS) is 12.8. The number of esters is 1. The molecule has 0 aromatic heterocycles. The largest absolute Gasteiger partial charge is 0.488 e. The molecule has 0 spiro atoms. The second-order valence-electron chi connectivity index (χ2n) is 4.45. The average Bonchev–Trinajstić information content (AvgIpc) is 2.46. The van der Waals surface area contributed by atoms with Gasteiger partial charge in [0.05, 0.1) is 18.6 Å². The lowest BCUT2D eigenvalue weighted by Gasteiger charge is -2.17. The van der Waals surface area contributed by atoms with Gasteiger partial charge in [0, 0.05) is 16.6 Å². The Labute approximate surface area is 131 Å². The molecule has 1 aliphatic heterocycles. The zero-order chi connectivity index (χ0) is 15.2. The summed E-state index contributed by atoms with van der Waals surface area (Å²) in [5, 5.41) is 2.69. The highest BCUT2D eigenvalue weighted by Gasteiger charge is 2.17. The summed E-state index contributed by atoms with van der Waals surface area (Å²) in [4.78, 5) is 23.2. The van der Waals surface area contributed by atoms with Crippen LogP contribution in [0.15, 0.2) is 28.2 Å². The number of hydrogen-bond donors (Lipinski definition) is 1. The number of carbonyl (C=O) groups is 2. The van der Waals surface area contributed by atoms with Crippen LogP contribution in [0.25, 0.3) is 6.08 Å². The molecule has 1 aliphatic rings. The minimum Gasteiger partial charge on any atom is -0.488 e. The maximum absolute atomic E-state index is 12.0. The highest BCUT2D eigenvalue weighted by Crippen LogP contribution is 2.29. The summed E-state index contributed by atoms with van der Waals surface area (Å²) in [6.07, 6.45) is 1.96. The number of ether oxygens (including phenoxy) is 2. The summed E-state index contributed by atoms with van der Waals surface area (Å²) in [5.74, 6) is 0.201. The molecule has 0 aliphatic carbocycles. The Bertz CT molecular complexity index is 583. The molecular weight excluding hydrogens is 338 g/mol. The number of nitrogens with one attached hydrogen (secondary N) is 1. The van der Waals surface area contributed by atoms with Gasteiger partial charge in [-0.15, -0.1) is 0 Å². The van der Waals surface area contributed by atoms with Crippen LogP contribution in [0.3, 0.4) is 0 Å². The summed E-state index contributed by atoms with van der Waals surface area (Å²) in [5.41, 5.74) is 1.38. The van der Waals surface area contributed by atoms with Crippen molar-refractivity contribution in [1.82, 2.24) is 5.32 Å². The summed E-state index contributed by atoms with van der Waals surface area (Å²) < 4.78 is 11.3. The molecule has 0 atom stereocenters. The minimum absolute atomic E-state index is 0.163. The van der Waals surface area contributed by atoms with E-state index in [2.05, 4.69) is 21.2 Å². The number of amides is 1. The first-order chi connectivity index (χ1) is 10.1. The molecule has 0 unspecified atom stereocenters. The van der Waals surface area contributed by atoms with Gasteiger partial charge >= 0.3 is 5.97 Å². The van der Waals surface area contributed by atoms with Crippen molar-refractivity contribution in [3.63, 3.8) is 0 Å². The Morgan fingerprint density at radius 1 is 1.43 bits per heavy atom. The smallest absolute Gasteiger partial charge is 0.307 e. The van der Waals surface area contributed by atoms with Gasteiger partial charge in [0.2, 0.25) is 0 Å². The molecule has 5 nitrogen and oxygen atoms in total. The van der Waals surface area contributed by atoms with E-state index in [0.29, 0.717) is 12.2 Å². The Hall–Kier alpha value is -1.82. The first-order valence-corrected chi connectivity index (χ1v) is 7.46. The molecule has 1 amide bonds. The third-order valence-electron chi connectivity index (χ3n) is 2.90. The van der Waals surface area contributed by atoms with Gasteiger partial charge in [0.25, 0.3) is 5.91 Å². The van der Waals surface area contributed by atoms with Crippen molar-refractivity contribution < 1.29 is 19.1 Å². The van der Waals surface area contributed by atoms with E-state index in [4.69, 9.17) is 9.47 Å². The number of rotatable bonds is 5. The summed E-state index contributed by atoms with van der Waals surface area (Å²) in [7, 11) is 0. The van der Waals surface area contributed by atoms with Crippen LogP contribution in [0, 0.1) is 0 Å². The topological polar surface area (TPSA) is 64.6 Å². The third kappa shape index (κ3) is 4.32. The van der Waals surface area contributed by atoms with Gasteiger partial charge in [-0.2, -0.15) is 0 Å². The third-order valence-corrected chi connectivity index (χ3v) is 3.39. The van der Waals surface area contributed by atoms with Gasteiger partial charge in [0.1, 0.15) is 12.4 Å². The van der Waals surface area contributed by atoms with Crippen molar-refractivity contribution in [3.8, 4) is 5.75 Å². The quantitative estimate of drug-likeness (QED) is 0.825. The predicted octanol–water partition coefficient (Wildman–Crippen LogP) is 2.29. The van der Waals surface area contributed by atoms with E-state index in [1.165, 1.54) is 0 Å². The standard InChI is InChI=1S/C15H16BrNO4/c1-2-20-14(18)5-6-17-15(19)11-7-10-8-12(16)3-4-13(10)21-9-11/h3-4,7-8H,2,5-6,9H2,1H3,(H,17,19).